The Bertz CT molecular complexity index is 1350. The minimum atomic E-state index is -1.14. The molecule has 0 aromatic heterocycles. The van der Waals surface area contributed by atoms with Crippen molar-refractivity contribution in [1.29, 1.82) is 0 Å². The molecule has 43 heavy (non-hydrogen) atoms. The molecule has 3 fully saturated rings. The average molecular weight is 650 g/mol. The zero-order valence-corrected chi connectivity index (χ0v) is 26.3. The first-order chi connectivity index (χ1) is 20.9. The van der Waals surface area contributed by atoms with Crippen LogP contribution in [0.15, 0.2) is 71.2 Å². The first-order valence-corrected chi connectivity index (χ1v) is 16.5. The number of amides is 3. The van der Waals surface area contributed by atoms with Crippen molar-refractivity contribution in [3.8, 4) is 0 Å². The number of carbonyl (C=O) groups is 3. The lowest BCUT2D eigenvalue weighted by molar-refractivity contribution is -0.141. The molecule has 1 aliphatic carbocycles. The van der Waals surface area contributed by atoms with E-state index < -0.39 is 29.6 Å². The first-order valence-electron chi connectivity index (χ1n) is 15.7. The molecule has 3 heterocycles. The zero-order chi connectivity index (χ0) is 30.0. The summed E-state index contributed by atoms with van der Waals surface area (Å²) in [6, 6.07) is 17.0. The van der Waals surface area contributed by atoms with Crippen LogP contribution in [-0.2, 0) is 25.7 Å². The third kappa shape index (κ3) is 6.04. The molecule has 9 heteroatoms. The number of fused-ring (bicyclic) bond motifs is 1. The number of hydrogen-bond acceptors (Lipinski definition) is 5. The molecule has 4 aliphatic rings. The maximum atomic E-state index is 14.3. The van der Waals surface area contributed by atoms with Crippen LogP contribution in [-0.4, -0.2) is 70.9 Å². The van der Waals surface area contributed by atoms with Crippen molar-refractivity contribution in [1.82, 2.24) is 15.1 Å². The maximum Gasteiger partial charge on any atom is 0.246 e. The number of likely N-dealkylation sites (tertiary alicyclic amines) is 1. The lowest BCUT2D eigenvalue weighted by Crippen LogP contribution is -2.56. The summed E-state index contributed by atoms with van der Waals surface area (Å²) in [4.78, 5) is 46.1. The highest BCUT2D eigenvalue weighted by atomic mass is 79.9. The number of nitrogens with one attached hydrogen (secondary N) is 2. The van der Waals surface area contributed by atoms with Gasteiger partial charge in [-0.15, -0.1) is 0 Å². The summed E-state index contributed by atoms with van der Waals surface area (Å²) in [6.45, 7) is 5.06. The number of ether oxygens (including phenoxy) is 1. The van der Waals surface area contributed by atoms with Crippen molar-refractivity contribution < 1.29 is 19.1 Å². The van der Waals surface area contributed by atoms with Gasteiger partial charge in [0.05, 0.1) is 17.9 Å². The maximum absolute atomic E-state index is 14.3. The van der Waals surface area contributed by atoms with Crippen LogP contribution in [0, 0.1) is 11.8 Å². The summed E-state index contributed by atoms with van der Waals surface area (Å²) in [6.07, 6.45) is 9.21. The summed E-state index contributed by atoms with van der Waals surface area (Å²) in [5.74, 6) is -2.05. The molecule has 8 nitrogen and oxygen atoms in total. The fourth-order valence-corrected chi connectivity index (χ4v) is 7.71. The van der Waals surface area contributed by atoms with Gasteiger partial charge < -0.3 is 20.3 Å². The standard InChI is InChI=1S/C34H41BrN4O4/c1-2-38(22-23-10-5-3-6-11-23)20-9-21-39-30(32(41)37-25-12-7-4-8-13-25)34-19-18-27(43-34)28(29(34)33(39)42)31(40)36-26-16-14-24(35)15-17-26/h3,5-6,10-11,14-19,25,27-30H,2,4,7-9,12-13,20-22H2,1H3,(H,36,40)(H,37,41)/t27-,28?,29-,30?,34?/m1/s1. The zero-order valence-electron chi connectivity index (χ0n) is 24.7. The molecule has 3 unspecified atom stereocenters. The van der Waals surface area contributed by atoms with E-state index >= 15 is 0 Å². The van der Waals surface area contributed by atoms with Gasteiger partial charge in [0.2, 0.25) is 17.7 Å². The molecule has 228 valence electrons. The topological polar surface area (TPSA) is 91.0 Å². The molecule has 3 amide bonds. The Balaban J connectivity index is 1.22. The SMILES string of the molecule is CCN(CCCN1C(=O)[C@H]2C(C(=O)Nc3ccc(Br)cc3)[C@H]3C=CC2(O3)C1C(=O)NC1CCCCC1)Cc1ccccc1. The summed E-state index contributed by atoms with van der Waals surface area (Å²) < 4.78 is 7.42. The highest BCUT2D eigenvalue weighted by Crippen LogP contribution is 2.55. The largest absolute Gasteiger partial charge is 0.359 e. The molecule has 2 aromatic carbocycles. The van der Waals surface area contributed by atoms with Gasteiger partial charge in [-0.05, 0) is 55.6 Å². The van der Waals surface area contributed by atoms with E-state index in [-0.39, 0.29) is 23.8 Å². The molecule has 3 aliphatic heterocycles. The molecule has 5 atom stereocenters. The first kappa shape index (κ1) is 30.0. The van der Waals surface area contributed by atoms with Crippen molar-refractivity contribution in [3.05, 3.63) is 76.8 Å². The van der Waals surface area contributed by atoms with E-state index in [0.717, 1.165) is 49.8 Å². The van der Waals surface area contributed by atoms with Crippen molar-refractivity contribution in [2.75, 3.05) is 25.0 Å². The second kappa shape index (κ2) is 12.9. The van der Waals surface area contributed by atoms with E-state index in [9.17, 15) is 14.4 Å². The summed E-state index contributed by atoms with van der Waals surface area (Å²) in [7, 11) is 0. The Morgan fingerprint density at radius 3 is 2.51 bits per heavy atom. The van der Waals surface area contributed by atoms with Crippen LogP contribution in [0.3, 0.4) is 0 Å². The highest BCUT2D eigenvalue weighted by molar-refractivity contribution is 9.10. The third-order valence-corrected chi connectivity index (χ3v) is 10.1. The van der Waals surface area contributed by atoms with Crippen LogP contribution in [0.25, 0.3) is 0 Å². The average Bonchev–Trinajstić information content (AvgIpc) is 3.66. The fourth-order valence-electron chi connectivity index (χ4n) is 7.45. The third-order valence-electron chi connectivity index (χ3n) is 9.56. The van der Waals surface area contributed by atoms with Crippen LogP contribution in [0.5, 0.6) is 0 Å². The molecule has 2 aromatic rings. The highest BCUT2D eigenvalue weighted by Gasteiger charge is 2.72. The number of carbonyl (C=O) groups excluding carboxylic acids is 3. The van der Waals surface area contributed by atoms with E-state index in [1.807, 2.05) is 54.6 Å². The molecule has 2 bridgehead atoms. The Morgan fingerprint density at radius 1 is 1.05 bits per heavy atom. The number of rotatable bonds is 11. The lowest BCUT2D eigenvalue weighted by Gasteiger charge is -2.34. The monoisotopic (exact) mass is 648 g/mol. The minimum Gasteiger partial charge on any atom is -0.359 e. The predicted molar refractivity (Wildman–Crippen MR) is 169 cm³/mol. The van der Waals surface area contributed by atoms with Gasteiger partial charge in [0, 0.05) is 35.8 Å². The number of halogens is 1. The van der Waals surface area contributed by atoms with Gasteiger partial charge in [0.1, 0.15) is 11.6 Å². The van der Waals surface area contributed by atoms with Gasteiger partial charge in [0.25, 0.3) is 0 Å². The number of anilines is 1. The van der Waals surface area contributed by atoms with Gasteiger partial charge in [-0.1, -0.05) is 84.6 Å². The molecule has 2 N–H and O–H groups in total. The van der Waals surface area contributed by atoms with Gasteiger partial charge in [-0.25, -0.2) is 0 Å². The molecule has 0 radical (unpaired) electrons. The van der Waals surface area contributed by atoms with Gasteiger partial charge >= 0.3 is 0 Å². The van der Waals surface area contributed by atoms with E-state index in [2.05, 4.69) is 50.5 Å². The minimum absolute atomic E-state index is 0.106. The molecular weight excluding hydrogens is 608 g/mol. The number of hydrogen-bond donors (Lipinski definition) is 2. The van der Waals surface area contributed by atoms with Crippen LogP contribution in [0.2, 0.25) is 0 Å². The molecule has 1 spiro atoms. The van der Waals surface area contributed by atoms with Crippen molar-refractivity contribution in [2.45, 2.75) is 75.8 Å². The van der Waals surface area contributed by atoms with E-state index in [0.29, 0.717) is 18.7 Å². The molecule has 2 saturated heterocycles. The van der Waals surface area contributed by atoms with Gasteiger partial charge in [-0.3, -0.25) is 19.3 Å². The van der Waals surface area contributed by atoms with Crippen LogP contribution in [0.1, 0.15) is 51.0 Å². The van der Waals surface area contributed by atoms with Crippen LogP contribution >= 0.6 is 15.9 Å². The predicted octanol–water partition coefficient (Wildman–Crippen LogP) is 4.90. The Morgan fingerprint density at radius 2 is 1.79 bits per heavy atom. The number of nitrogens with zero attached hydrogens (tertiary/aromatic N) is 2. The number of benzene rings is 2. The summed E-state index contributed by atoms with van der Waals surface area (Å²) >= 11 is 3.43. The smallest absolute Gasteiger partial charge is 0.246 e. The van der Waals surface area contributed by atoms with Gasteiger partial charge in [-0.2, -0.15) is 0 Å². The van der Waals surface area contributed by atoms with Crippen molar-refractivity contribution >= 4 is 39.3 Å². The second-order valence-corrected chi connectivity index (χ2v) is 13.2. The van der Waals surface area contributed by atoms with Crippen LogP contribution < -0.4 is 10.6 Å². The molecular formula is C34H41BrN4O4. The molecule has 6 rings (SSSR count). The fraction of sp³-hybridized carbons (Fsp3) is 0.500. The van der Waals surface area contributed by atoms with Crippen molar-refractivity contribution in [2.24, 2.45) is 11.8 Å². The van der Waals surface area contributed by atoms with E-state index in [1.165, 1.54) is 12.0 Å². The Hall–Kier alpha value is -3.01. The Kier molecular flexibility index (Phi) is 9.03. The van der Waals surface area contributed by atoms with Crippen LogP contribution in [0.4, 0.5) is 5.69 Å². The van der Waals surface area contributed by atoms with Crippen molar-refractivity contribution in [3.63, 3.8) is 0 Å². The summed E-state index contributed by atoms with van der Waals surface area (Å²) in [5, 5.41) is 6.26. The Labute approximate surface area is 262 Å². The lowest BCUT2D eigenvalue weighted by atomic mass is 9.74. The summed E-state index contributed by atoms with van der Waals surface area (Å²) in [5.41, 5.74) is 0.757. The molecule has 1 saturated carbocycles. The second-order valence-electron chi connectivity index (χ2n) is 12.3. The quantitative estimate of drug-likeness (QED) is 0.338. The normalized spacial score (nSPS) is 28.0. The van der Waals surface area contributed by atoms with E-state index in [1.54, 1.807) is 4.90 Å². The van der Waals surface area contributed by atoms with E-state index in [4.69, 9.17) is 4.74 Å². The van der Waals surface area contributed by atoms with Gasteiger partial charge in [0.15, 0.2) is 0 Å².